The Kier molecular flexibility index (Phi) is 8.68. The van der Waals surface area contributed by atoms with Gasteiger partial charge in [-0.2, -0.15) is 0 Å². The number of aliphatic hydroxyl groups excluding tert-OH is 1. The van der Waals surface area contributed by atoms with E-state index >= 15 is 0 Å². The molecule has 1 atom stereocenters. The first-order chi connectivity index (χ1) is 18.0. The maximum Gasteiger partial charge on any atom is 0.295 e. The van der Waals surface area contributed by atoms with Gasteiger partial charge in [0.1, 0.15) is 11.5 Å². The van der Waals surface area contributed by atoms with E-state index in [0.29, 0.717) is 61.3 Å². The highest BCUT2D eigenvalue weighted by molar-refractivity contribution is 6.46. The molecule has 0 saturated carbocycles. The number of nitrogens with zero attached hydrogens (tertiary/aromatic N) is 2. The van der Waals surface area contributed by atoms with E-state index in [1.54, 1.807) is 49.6 Å². The van der Waals surface area contributed by atoms with Crippen LogP contribution in [0, 0.1) is 0 Å². The third kappa shape index (κ3) is 5.73. The molecule has 0 unspecified atom stereocenters. The maximum atomic E-state index is 13.3. The van der Waals surface area contributed by atoms with Crippen molar-refractivity contribution in [3.63, 3.8) is 0 Å². The molecule has 2 aromatic rings. The summed E-state index contributed by atoms with van der Waals surface area (Å²) in [6, 6.07) is 11.3. The Bertz CT molecular complexity index is 1140. The van der Waals surface area contributed by atoms with Gasteiger partial charge in [-0.25, -0.2) is 0 Å². The summed E-state index contributed by atoms with van der Waals surface area (Å²) in [5, 5.41) is 11.3. The van der Waals surface area contributed by atoms with Gasteiger partial charge in [-0.1, -0.05) is 13.0 Å². The van der Waals surface area contributed by atoms with Crippen LogP contribution in [0.15, 0.2) is 48.0 Å². The number of carbonyl (C=O) groups is 2. The number of benzene rings is 2. The minimum Gasteiger partial charge on any atom is -0.507 e. The Hall–Kier alpha value is -3.56. The van der Waals surface area contributed by atoms with Crippen molar-refractivity contribution in [1.29, 1.82) is 0 Å². The van der Waals surface area contributed by atoms with Crippen molar-refractivity contribution >= 4 is 17.4 Å². The van der Waals surface area contributed by atoms with Gasteiger partial charge in [0.15, 0.2) is 11.5 Å². The van der Waals surface area contributed by atoms with E-state index in [1.165, 1.54) is 12.0 Å². The molecule has 1 N–H and O–H groups in total. The van der Waals surface area contributed by atoms with Crippen LogP contribution in [0.1, 0.15) is 30.5 Å². The van der Waals surface area contributed by atoms with Crippen molar-refractivity contribution in [3.05, 3.63) is 59.2 Å². The smallest absolute Gasteiger partial charge is 0.295 e. The molecule has 1 amide bonds. The SMILES string of the molecule is CCCOc1ccc(/C(O)=C2\C(=O)C(=O)N(CCN3CCOCC3)[C@@H]2c2ccc(OC)c(OC)c2)cc1. The first kappa shape index (κ1) is 26.5. The van der Waals surface area contributed by atoms with Crippen molar-refractivity contribution in [2.75, 3.05) is 60.2 Å². The molecule has 2 heterocycles. The third-order valence-electron chi connectivity index (χ3n) is 6.62. The Morgan fingerprint density at radius 1 is 1.00 bits per heavy atom. The Morgan fingerprint density at radius 2 is 1.70 bits per heavy atom. The summed E-state index contributed by atoms with van der Waals surface area (Å²) < 4.78 is 21.9. The van der Waals surface area contributed by atoms with E-state index in [0.717, 1.165) is 19.5 Å². The van der Waals surface area contributed by atoms with Crippen LogP contribution >= 0.6 is 0 Å². The summed E-state index contributed by atoms with van der Waals surface area (Å²) in [5.41, 5.74) is 1.12. The summed E-state index contributed by atoms with van der Waals surface area (Å²) in [4.78, 5) is 30.3. The van der Waals surface area contributed by atoms with Crippen LogP contribution in [-0.2, 0) is 14.3 Å². The van der Waals surface area contributed by atoms with Crippen LogP contribution in [0.2, 0.25) is 0 Å². The fourth-order valence-electron chi connectivity index (χ4n) is 4.64. The highest BCUT2D eigenvalue weighted by atomic mass is 16.5. The van der Waals surface area contributed by atoms with Gasteiger partial charge in [0.2, 0.25) is 0 Å². The highest BCUT2D eigenvalue weighted by Gasteiger charge is 2.46. The zero-order valence-electron chi connectivity index (χ0n) is 21.6. The zero-order valence-corrected chi connectivity index (χ0v) is 21.6. The third-order valence-corrected chi connectivity index (χ3v) is 6.62. The molecule has 0 bridgehead atoms. The van der Waals surface area contributed by atoms with Gasteiger partial charge < -0.3 is 29.0 Å². The van der Waals surface area contributed by atoms with Gasteiger partial charge in [0.05, 0.1) is 45.7 Å². The lowest BCUT2D eigenvalue weighted by Gasteiger charge is -2.31. The number of rotatable bonds is 10. The summed E-state index contributed by atoms with van der Waals surface area (Å²) in [6.07, 6.45) is 0.876. The fourth-order valence-corrected chi connectivity index (χ4v) is 4.64. The molecule has 2 aliphatic heterocycles. The number of ether oxygens (including phenoxy) is 4. The Labute approximate surface area is 217 Å². The predicted molar refractivity (Wildman–Crippen MR) is 138 cm³/mol. The molecule has 2 saturated heterocycles. The summed E-state index contributed by atoms with van der Waals surface area (Å²) >= 11 is 0. The van der Waals surface area contributed by atoms with Gasteiger partial charge in [0, 0.05) is 31.7 Å². The molecule has 0 spiro atoms. The second-order valence-electron chi connectivity index (χ2n) is 8.93. The molecule has 0 radical (unpaired) electrons. The molecule has 2 fully saturated rings. The van der Waals surface area contributed by atoms with E-state index in [2.05, 4.69) is 4.90 Å². The quantitative estimate of drug-likeness (QED) is 0.296. The predicted octanol–water partition coefficient (Wildman–Crippen LogP) is 3.25. The number of hydrogen-bond donors (Lipinski definition) is 1. The zero-order chi connectivity index (χ0) is 26.4. The molecule has 2 aliphatic rings. The average Bonchev–Trinajstić information content (AvgIpc) is 3.20. The summed E-state index contributed by atoms with van der Waals surface area (Å²) in [5.74, 6) is 0.0771. The normalized spacial score (nSPS) is 19.8. The second kappa shape index (κ2) is 12.1. The molecule has 0 aliphatic carbocycles. The highest BCUT2D eigenvalue weighted by Crippen LogP contribution is 2.42. The molecule has 2 aromatic carbocycles. The second-order valence-corrected chi connectivity index (χ2v) is 8.93. The number of carbonyl (C=O) groups excluding carboxylic acids is 2. The monoisotopic (exact) mass is 510 g/mol. The van der Waals surface area contributed by atoms with Crippen LogP contribution in [-0.4, -0.2) is 86.8 Å². The summed E-state index contributed by atoms with van der Waals surface area (Å²) in [6.45, 7) is 6.31. The minimum atomic E-state index is -0.781. The number of methoxy groups -OCH3 is 2. The molecule has 37 heavy (non-hydrogen) atoms. The largest absolute Gasteiger partial charge is 0.507 e. The Balaban J connectivity index is 1.73. The molecule has 9 heteroatoms. The molecule has 0 aromatic heterocycles. The minimum absolute atomic E-state index is 0.0430. The number of Topliss-reactive ketones (excluding diaryl/α,β-unsaturated/α-hetero) is 1. The lowest BCUT2D eigenvalue weighted by molar-refractivity contribution is -0.140. The Morgan fingerprint density at radius 3 is 2.35 bits per heavy atom. The lowest BCUT2D eigenvalue weighted by Crippen LogP contribution is -2.42. The van der Waals surface area contributed by atoms with E-state index in [1.807, 2.05) is 6.92 Å². The van der Waals surface area contributed by atoms with Crippen molar-refractivity contribution in [2.24, 2.45) is 0 Å². The van der Waals surface area contributed by atoms with Crippen LogP contribution in [0.3, 0.4) is 0 Å². The van der Waals surface area contributed by atoms with Gasteiger partial charge in [-0.3, -0.25) is 14.5 Å². The van der Waals surface area contributed by atoms with Crippen LogP contribution in [0.25, 0.3) is 5.76 Å². The molecule has 198 valence electrons. The van der Waals surface area contributed by atoms with E-state index in [4.69, 9.17) is 18.9 Å². The molecular formula is C28H34N2O7. The van der Waals surface area contributed by atoms with E-state index in [9.17, 15) is 14.7 Å². The van der Waals surface area contributed by atoms with Crippen molar-refractivity contribution in [3.8, 4) is 17.2 Å². The van der Waals surface area contributed by atoms with E-state index in [-0.39, 0.29) is 11.3 Å². The number of ketones is 1. The standard InChI is InChI=1S/C28H34N2O7/c1-4-15-37-21-8-5-19(6-9-21)26(31)24-25(20-7-10-22(34-2)23(18-20)35-3)30(28(33)27(24)32)12-11-29-13-16-36-17-14-29/h5-10,18,25,31H,4,11-17H2,1-3H3/b26-24+/t25-/m1/s1. The summed E-state index contributed by atoms with van der Waals surface area (Å²) in [7, 11) is 3.07. The first-order valence-corrected chi connectivity index (χ1v) is 12.5. The van der Waals surface area contributed by atoms with Crippen LogP contribution in [0.4, 0.5) is 0 Å². The van der Waals surface area contributed by atoms with E-state index < -0.39 is 17.7 Å². The number of morpholine rings is 1. The average molecular weight is 511 g/mol. The fraction of sp³-hybridized carbons (Fsp3) is 0.429. The first-order valence-electron chi connectivity index (χ1n) is 12.5. The number of likely N-dealkylation sites (tertiary alicyclic amines) is 1. The molecule has 4 rings (SSSR count). The van der Waals surface area contributed by atoms with Gasteiger partial charge in [0.25, 0.3) is 11.7 Å². The van der Waals surface area contributed by atoms with Gasteiger partial charge >= 0.3 is 0 Å². The van der Waals surface area contributed by atoms with Gasteiger partial charge in [-0.05, 0) is 48.4 Å². The topological polar surface area (TPSA) is 97.8 Å². The van der Waals surface area contributed by atoms with Crippen molar-refractivity contribution in [2.45, 2.75) is 19.4 Å². The van der Waals surface area contributed by atoms with Gasteiger partial charge in [-0.15, -0.1) is 0 Å². The molecular weight excluding hydrogens is 476 g/mol. The molecule has 9 nitrogen and oxygen atoms in total. The maximum absolute atomic E-state index is 13.3. The van der Waals surface area contributed by atoms with Crippen molar-refractivity contribution in [1.82, 2.24) is 9.80 Å². The number of hydrogen-bond acceptors (Lipinski definition) is 8. The lowest BCUT2D eigenvalue weighted by atomic mass is 9.95. The van der Waals surface area contributed by atoms with Crippen LogP contribution < -0.4 is 14.2 Å². The number of aliphatic hydroxyl groups is 1. The van der Waals surface area contributed by atoms with Crippen LogP contribution in [0.5, 0.6) is 17.2 Å². The number of amides is 1. The van der Waals surface area contributed by atoms with Crippen molar-refractivity contribution < 1.29 is 33.6 Å².